The minimum Gasteiger partial charge on any atom is -0.348 e. The average Bonchev–Trinajstić information content (AvgIpc) is 2.79. The highest BCUT2D eigenvalue weighted by molar-refractivity contribution is 5.79. The van der Waals surface area contributed by atoms with Crippen molar-refractivity contribution < 1.29 is 4.48 Å². The van der Waals surface area contributed by atoms with E-state index >= 15 is 0 Å². The number of likely N-dealkylation sites (N-methyl/N-ethyl adjacent to an activating group) is 1. The molecule has 2 rings (SSSR count). The van der Waals surface area contributed by atoms with Crippen molar-refractivity contribution in [2.24, 2.45) is 10.7 Å². The molecule has 0 saturated carbocycles. The number of imidazole rings is 1. The van der Waals surface area contributed by atoms with Gasteiger partial charge in [-0.2, -0.15) is 0 Å². The van der Waals surface area contributed by atoms with Crippen LogP contribution in [-0.2, 0) is 6.42 Å². The van der Waals surface area contributed by atoms with Crippen LogP contribution in [0.15, 0.2) is 29.8 Å². The molecule has 0 bridgehead atoms. The molecule has 1 atom stereocenters. The highest BCUT2D eigenvalue weighted by Gasteiger charge is 2.30. The third-order valence-corrected chi connectivity index (χ3v) is 2.68. The molecule has 0 aromatic carbocycles. The summed E-state index contributed by atoms with van der Waals surface area (Å²) >= 11 is 0. The zero-order valence-electron chi connectivity index (χ0n) is 8.85. The zero-order chi connectivity index (χ0) is 10.7. The number of aromatic nitrogens is 2. The van der Waals surface area contributed by atoms with Crippen LogP contribution in [0.2, 0.25) is 0 Å². The summed E-state index contributed by atoms with van der Waals surface area (Å²) in [5, 5.41) is 0. The van der Waals surface area contributed by atoms with Crippen LogP contribution in [0.1, 0.15) is 5.82 Å². The molecule has 2 heterocycles. The van der Waals surface area contributed by atoms with Crippen LogP contribution in [-0.4, -0.2) is 40.4 Å². The van der Waals surface area contributed by atoms with Gasteiger partial charge in [0.1, 0.15) is 25.0 Å². The van der Waals surface area contributed by atoms with Crippen LogP contribution >= 0.6 is 0 Å². The van der Waals surface area contributed by atoms with Gasteiger partial charge in [-0.05, 0) is 0 Å². The standard InChI is InChI=1S/C10H16N5/c1-15(6-2-11)7-5-14-10(15)8-9-12-3-4-13-9/h3-5,7H,2,6,8,11H2,1H3,(H,12,13)/q+1. The van der Waals surface area contributed by atoms with Crippen LogP contribution in [0.3, 0.4) is 0 Å². The number of hydrogen-bond donors (Lipinski definition) is 2. The highest BCUT2D eigenvalue weighted by atomic mass is 15.4. The molecule has 0 amide bonds. The number of H-pyrrole nitrogens is 1. The van der Waals surface area contributed by atoms with Crippen molar-refractivity contribution in [1.82, 2.24) is 9.97 Å². The molecule has 1 aromatic rings. The molecule has 0 aliphatic carbocycles. The number of nitrogens with zero attached hydrogens (tertiary/aromatic N) is 3. The van der Waals surface area contributed by atoms with E-state index in [0.29, 0.717) is 11.0 Å². The smallest absolute Gasteiger partial charge is 0.215 e. The Bertz CT molecular complexity index is 379. The second kappa shape index (κ2) is 3.96. The molecule has 0 saturated heterocycles. The van der Waals surface area contributed by atoms with Crippen molar-refractivity contribution in [3.8, 4) is 0 Å². The Morgan fingerprint density at radius 3 is 3.07 bits per heavy atom. The Labute approximate surface area is 88.9 Å². The summed E-state index contributed by atoms with van der Waals surface area (Å²) in [6, 6.07) is 0. The lowest BCUT2D eigenvalue weighted by atomic mass is 10.3. The Hall–Kier alpha value is -1.46. The van der Waals surface area contributed by atoms with Crippen molar-refractivity contribution in [3.05, 3.63) is 30.6 Å². The summed E-state index contributed by atoms with van der Waals surface area (Å²) in [5.74, 6) is 2.02. The quantitative estimate of drug-likeness (QED) is 0.693. The Balaban J connectivity index is 2.10. The van der Waals surface area contributed by atoms with E-state index < -0.39 is 0 Å². The monoisotopic (exact) mass is 206 g/mol. The topological polar surface area (TPSA) is 67.1 Å². The summed E-state index contributed by atoms with van der Waals surface area (Å²) in [5.41, 5.74) is 5.60. The molecule has 5 nitrogen and oxygen atoms in total. The maximum atomic E-state index is 5.60. The summed E-state index contributed by atoms with van der Waals surface area (Å²) in [6.45, 7) is 1.52. The second-order valence-electron chi connectivity index (χ2n) is 3.84. The Morgan fingerprint density at radius 1 is 1.53 bits per heavy atom. The molecule has 1 aliphatic heterocycles. The van der Waals surface area contributed by atoms with Gasteiger partial charge in [-0.1, -0.05) is 0 Å². The predicted molar refractivity (Wildman–Crippen MR) is 59.0 cm³/mol. The first kappa shape index (κ1) is 10.1. The van der Waals surface area contributed by atoms with Crippen LogP contribution in [0.25, 0.3) is 0 Å². The van der Waals surface area contributed by atoms with E-state index in [-0.39, 0.29) is 0 Å². The molecule has 5 heteroatoms. The number of nitrogens with two attached hydrogens (primary N) is 1. The van der Waals surface area contributed by atoms with E-state index in [0.717, 1.165) is 24.6 Å². The van der Waals surface area contributed by atoms with Crippen molar-refractivity contribution in [2.45, 2.75) is 6.42 Å². The number of rotatable bonds is 4. The highest BCUT2D eigenvalue weighted by Crippen LogP contribution is 2.15. The fourth-order valence-electron chi connectivity index (χ4n) is 1.73. The van der Waals surface area contributed by atoms with E-state index in [2.05, 4.69) is 28.2 Å². The SMILES string of the molecule is C[N+]1(CCN)C=CN=C1Cc1ncc[nH]1. The van der Waals surface area contributed by atoms with Gasteiger partial charge in [-0.3, -0.25) is 4.48 Å². The lowest BCUT2D eigenvalue weighted by Crippen LogP contribution is -2.46. The number of nitrogens with one attached hydrogen (secondary N) is 1. The van der Waals surface area contributed by atoms with Crippen LogP contribution in [0.5, 0.6) is 0 Å². The largest absolute Gasteiger partial charge is 0.348 e. The number of aliphatic imine (C=N–C) groups is 1. The summed E-state index contributed by atoms with van der Waals surface area (Å²) in [7, 11) is 2.11. The Kier molecular flexibility index (Phi) is 2.66. The van der Waals surface area contributed by atoms with Crippen molar-refractivity contribution in [2.75, 3.05) is 20.1 Å². The van der Waals surface area contributed by atoms with Gasteiger partial charge in [0.05, 0.1) is 13.2 Å². The maximum Gasteiger partial charge on any atom is 0.215 e. The molecule has 0 fully saturated rings. The van der Waals surface area contributed by atoms with Crippen LogP contribution in [0.4, 0.5) is 0 Å². The average molecular weight is 206 g/mol. The van der Waals surface area contributed by atoms with E-state index in [9.17, 15) is 0 Å². The van der Waals surface area contributed by atoms with Gasteiger partial charge < -0.3 is 10.7 Å². The molecule has 1 unspecified atom stereocenters. The zero-order valence-corrected chi connectivity index (χ0v) is 8.85. The number of quaternary nitrogens is 1. The molecular formula is C10H16N5+. The van der Waals surface area contributed by atoms with Crippen molar-refractivity contribution in [1.29, 1.82) is 0 Å². The van der Waals surface area contributed by atoms with Gasteiger partial charge in [0.15, 0.2) is 0 Å². The van der Waals surface area contributed by atoms with Crippen LogP contribution < -0.4 is 5.73 Å². The molecular weight excluding hydrogens is 190 g/mol. The fourth-order valence-corrected chi connectivity index (χ4v) is 1.73. The maximum absolute atomic E-state index is 5.60. The van der Waals surface area contributed by atoms with Gasteiger partial charge in [0, 0.05) is 18.9 Å². The third-order valence-electron chi connectivity index (χ3n) is 2.68. The second-order valence-corrected chi connectivity index (χ2v) is 3.84. The molecule has 15 heavy (non-hydrogen) atoms. The number of amidine groups is 1. The molecule has 0 spiro atoms. The van der Waals surface area contributed by atoms with E-state index in [1.807, 2.05) is 12.4 Å². The number of hydrogen-bond acceptors (Lipinski definition) is 3. The predicted octanol–water partition coefficient (Wildman–Crippen LogP) is 0.241. The summed E-state index contributed by atoms with van der Waals surface area (Å²) in [4.78, 5) is 11.7. The first-order valence-electron chi connectivity index (χ1n) is 5.03. The molecule has 0 radical (unpaired) electrons. The lowest BCUT2D eigenvalue weighted by molar-refractivity contribution is -0.763. The van der Waals surface area contributed by atoms with Crippen LogP contribution in [0, 0.1) is 0 Å². The van der Waals surface area contributed by atoms with Gasteiger partial charge in [0.25, 0.3) is 0 Å². The van der Waals surface area contributed by atoms with Gasteiger partial charge in [-0.15, -0.1) is 0 Å². The lowest BCUT2D eigenvalue weighted by Gasteiger charge is -2.26. The fraction of sp³-hybridized carbons (Fsp3) is 0.400. The van der Waals surface area contributed by atoms with E-state index in [4.69, 9.17) is 5.73 Å². The molecule has 1 aliphatic rings. The molecule has 1 aromatic heterocycles. The molecule has 3 N–H and O–H groups in total. The first-order chi connectivity index (χ1) is 7.24. The third kappa shape index (κ3) is 1.98. The minimum absolute atomic E-state index is 0.651. The minimum atomic E-state index is 0.651. The van der Waals surface area contributed by atoms with Gasteiger partial charge in [0.2, 0.25) is 5.84 Å². The van der Waals surface area contributed by atoms with Gasteiger partial charge in [-0.25, -0.2) is 9.98 Å². The van der Waals surface area contributed by atoms with Crippen molar-refractivity contribution in [3.63, 3.8) is 0 Å². The summed E-state index contributed by atoms with van der Waals surface area (Å²) < 4.78 is 0.692. The first-order valence-corrected chi connectivity index (χ1v) is 5.03. The summed E-state index contributed by atoms with van der Waals surface area (Å²) in [6.07, 6.45) is 8.23. The molecule has 80 valence electrons. The Morgan fingerprint density at radius 2 is 2.40 bits per heavy atom. The normalized spacial score (nSPS) is 24.5. The van der Waals surface area contributed by atoms with Crippen molar-refractivity contribution >= 4 is 5.84 Å². The number of aromatic amines is 1. The van der Waals surface area contributed by atoms with E-state index in [1.165, 1.54) is 0 Å². The van der Waals surface area contributed by atoms with Gasteiger partial charge >= 0.3 is 0 Å². The van der Waals surface area contributed by atoms with E-state index in [1.54, 1.807) is 6.20 Å².